The molecule has 3 heteroatoms. The van der Waals surface area contributed by atoms with E-state index in [1.54, 1.807) is 0 Å². The van der Waals surface area contributed by atoms with Gasteiger partial charge in [0.05, 0.1) is 17.1 Å². The molecule has 1 aliphatic rings. The molecule has 1 fully saturated rings. The molecule has 1 atom stereocenters. The average Bonchev–Trinajstić information content (AvgIpc) is 2.46. The minimum absolute atomic E-state index is 0.0786. The van der Waals surface area contributed by atoms with E-state index in [0.29, 0.717) is 0 Å². The molecule has 102 valence electrons. The van der Waals surface area contributed by atoms with Crippen molar-refractivity contribution in [2.24, 2.45) is 5.41 Å². The predicted molar refractivity (Wildman–Crippen MR) is 84.6 cm³/mol. The Balaban J connectivity index is 2.07. The van der Waals surface area contributed by atoms with Crippen LogP contribution in [-0.2, 0) is 4.79 Å². The standard InChI is InChI=1S/C17H16BrNO/c1-17(2)15(12-8-4-3-5-9-12)19(16(17)20)14-11-7-6-10-13(14)18/h3-11,15H,1-2H3. The lowest BCUT2D eigenvalue weighted by Gasteiger charge is -2.53. The van der Waals surface area contributed by atoms with E-state index in [1.165, 1.54) is 5.56 Å². The number of rotatable bonds is 2. The molecule has 2 nitrogen and oxygen atoms in total. The van der Waals surface area contributed by atoms with Gasteiger partial charge in [0, 0.05) is 4.47 Å². The highest BCUT2D eigenvalue weighted by atomic mass is 79.9. The molecular formula is C17H16BrNO. The van der Waals surface area contributed by atoms with Gasteiger partial charge in [0.25, 0.3) is 0 Å². The maximum Gasteiger partial charge on any atom is 0.235 e. The molecule has 1 unspecified atom stereocenters. The van der Waals surface area contributed by atoms with E-state index in [1.807, 2.05) is 61.2 Å². The van der Waals surface area contributed by atoms with Crippen molar-refractivity contribution in [3.05, 3.63) is 64.6 Å². The fraction of sp³-hybridized carbons (Fsp3) is 0.235. The summed E-state index contributed by atoms with van der Waals surface area (Å²) >= 11 is 3.54. The molecule has 20 heavy (non-hydrogen) atoms. The van der Waals surface area contributed by atoms with Crippen LogP contribution >= 0.6 is 15.9 Å². The molecular weight excluding hydrogens is 314 g/mol. The van der Waals surface area contributed by atoms with Gasteiger partial charge in [-0.25, -0.2) is 0 Å². The molecule has 0 aromatic heterocycles. The first-order chi connectivity index (χ1) is 9.53. The molecule has 1 aliphatic heterocycles. The van der Waals surface area contributed by atoms with Crippen LogP contribution < -0.4 is 4.90 Å². The summed E-state index contributed by atoms with van der Waals surface area (Å²) in [6, 6.07) is 18.2. The third-order valence-electron chi connectivity index (χ3n) is 3.94. The fourth-order valence-electron chi connectivity index (χ4n) is 2.90. The molecule has 0 radical (unpaired) electrons. The van der Waals surface area contributed by atoms with Crippen molar-refractivity contribution in [2.45, 2.75) is 19.9 Å². The zero-order valence-electron chi connectivity index (χ0n) is 11.5. The van der Waals surface area contributed by atoms with Crippen LogP contribution in [0.3, 0.4) is 0 Å². The summed E-state index contributed by atoms with van der Waals surface area (Å²) in [5.74, 6) is 0.165. The summed E-state index contributed by atoms with van der Waals surface area (Å²) < 4.78 is 0.949. The van der Waals surface area contributed by atoms with Crippen LogP contribution in [-0.4, -0.2) is 5.91 Å². The third-order valence-corrected chi connectivity index (χ3v) is 4.61. The van der Waals surface area contributed by atoms with Crippen LogP contribution in [0.4, 0.5) is 5.69 Å². The van der Waals surface area contributed by atoms with Gasteiger partial charge in [-0.3, -0.25) is 4.79 Å². The Labute approximate surface area is 127 Å². The van der Waals surface area contributed by atoms with Crippen LogP contribution in [0.2, 0.25) is 0 Å². The molecule has 1 heterocycles. The molecule has 1 amide bonds. The summed E-state index contributed by atoms with van der Waals surface area (Å²) in [4.78, 5) is 14.4. The van der Waals surface area contributed by atoms with E-state index >= 15 is 0 Å². The Bertz CT molecular complexity index is 651. The van der Waals surface area contributed by atoms with Gasteiger partial charge in [-0.05, 0) is 47.5 Å². The second-order valence-corrected chi connectivity index (χ2v) is 6.52. The summed E-state index contributed by atoms with van der Waals surface area (Å²) in [5, 5.41) is 0. The van der Waals surface area contributed by atoms with E-state index in [2.05, 4.69) is 28.1 Å². The Morgan fingerprint density at radius 1 is 1.00 bits per heavy atom. The second-order valence-electron chi connectivity index (χ2n) is 5.66. The van der Waals surface area contributed by atoms with Crippen LogP contribution in [0.1, 0.15) is 25.5 Å². The van der Waals surface area contributed by atoms with Crippen molar-refractivity contribution in [1.82, 2.24) is 0 Å². The lowest BCUT2D eigenvalue weighted by atomic mass is 9.70. The number of anilines is 1. The average molecular weight is 330 g/mol. The lowest BCUT2D eigenvalue weighted by molar-refractivity contribution is -0.137. The van der Waals surface area contributed by atoms with Gasteiger partial charge in [0.2, 0.25) is 5.91 Å². The number of carbonyl (C=O) groups is 1. The van der Waals surface area contributed by atoms with Crippen molar-refractivity contribution >= 4 is 27.5 Å². The Kier molecular flexibility index (Phi) is 3.17. The van der Waals surface area contributed by atoms with Crippen LogP contribution in [0.25, 0.3) is 0 Å². The third kappa shape index (κ3) is 1.88. The van der Waals surface area contributed by atoms with Crippen molar-refractivity contribution < 1.29 is 4.79 Å². The van der Waals surface area contributed by atoms with Crippen molar-refractivity contribution in [3.8, 4) is 0 Å². The Hall–Kier alpha value is -1.61. The van der Waals surface area contributed by atoms with E-state index < -0.39 is 0 Å². The van der Waals surface area contributed by atoms with Gasteiger partial charge in [0.1, 0.15) is 0 Å². The van der Waals surface area contributed by atoms with Crippen LogP contribution in [0, 0.1) is 5.41 Å². The molecule has 0 spiro atoms. The lowest BCUT2D eigenvalue weighted by Crippen LogP contribution is -2.61. The summed E-state index contributed by atoms with van der Waals surface area (Å²) in [7, 11) is 0. The minimum Gasteiger partial charge on any atom is -0.302 e. The van der Waals surface area contributed by atoms with Crippen LogP contribution in [0.15, 0.2) is 59.1 Å². The topological polar surface area (TPSA) is 20.3 Å². The molecule has 0 bridgehead atoms. The molecule has 1 saturated heterocycles. The van der Waals surface area contributed by atoms with Crippen molar-refractivity contribution in [2.75, 3.05) is 4.90 Å². The number of benzene rings is 2. The van der Waals surface area contributed by atoms with Gasteiger partial charge in [-0.2, -0.15) is 0 Å². The maximum atomic E-state index is 12.5. The van der Waals surface area contributed by atoms with Gasteiger partial charge in [0.15, 0.2) is 0 Å². The number of β-lactam (4-membered cyclic amide) rings is 1. The number of hydrogen-bond donors (Lipinski definition) is 0. The monoisotopic (exact) mass is 329 g/mol. The summed E-state index contributed by atoms with van der Waals surface area (Å²) in [5.41, 5.74) is 1.75. The van der Waals surface area contributed by atoms with Crippen molar-refractivity contribution in [1.29, 1.82) is 0 Å². The zero-order chi connectivity index (χ0) is 14.3. The predicted octanol–water partition coefficient (Wildman–Crippen LogP) is 4.56. The number of halogens is 1. The van der Waals surface area contributed by atoms with Gasteiger partial charge in [-0.15, -0.1) is 0 Å². The molecule has 2 aromatic rings. The highest BCUT2D eigenvalue weighted by molar-refractivity contribution is 9.10. The molecule has 0 aliphatic carbocycles. The number of carbonyl (C=O) groups excluding carboxylic acids is 1. The van der Waals surface area contributed by atoms with Gasteiger partial charge in [-0.1, -0.05) is 42.5 Å². The van der Waals surface area contributed by atoms with E-state index in [9.17, 15) is 4.79 Å². The van der Waals surface area contributed by atoms with Crippen molar-refractivity contribution in [3.63, 3.8) is 0 Å². The Morgan fingerprint density at radius 2 is 1.60 bits per heavy atom. The number of para-hydroxylation sites is 1. The highest BCUT2D eigenvalue weighted by Crippen LogP contribution is 2.52. The number of nitrogens with zero attached hydrogens (tertiary/aromatic N) is 1. The highest BCUT2D eigenvalue weighted by Gasteiger charge is 2.55. The smallest absolute Gasteiger partial charge is 0.235 e. The van der Waals surface area contributed by atoms with Crippen LogP contribution in [0.5, 0.6) is 0 Å². The minimum atomic E-state index is -0.364. The molecule has 0 saturated carbocycles. The molecule has 0 N–H and O–H groups in total. The number of amides is 1. The zero-order valence-corrected chi connectivity index (χ0v) is 13.1. The largest absolute Gasteiger partial charge is 0.302 e. The first-order valence-electron chi connectivity index (χ1n) is 6.66. The van der Waals surface area contributed by atoms with E-state index in [-0.39, 0.29) is 17.4 Å². The first kappa shape index (κ1) is 13.4. The SMILES string of the molecule is CC1(C)C(=O)N(c2ccccc2Br)C1c1ccccc1. The van der Waals surface area contributed by atoms with E-state index in [4.69, 9.17) is 0 Å². The normalized spacial score (nSPS) is 20.6. The summed E-state index contributed by atoms with van der Waals surface area (Å²) in [6.45, 7) is 4.03. The fourth-order valence-corrected chi connectivity index (χ4v) is 3.37. The molecule has 2 aromatic carbocycles. The van der Waals surface area contributed by atoms with Gasteiger partial charge >= 0.3 is 0 Å². The van der Waals surface area contributed by atoms with Gasteiger partial charge < -0.3 is 4.90 Å². The van der Waals surface area contributed by atoms with E-state index in [0.717, 1.165) is 10.2 Å². The second kappa shape index (κ2) is 4.74. The summed E-state index contributed by atoms with van der Waals surface area (Å²) in [6.07, 6.45) is 0. The molecule has 3 rings (SSSR count). The first-order valence-corrected chi connectivity index (χ1v) is 7.46. The maximum absolute atomic E-state index is 12.5. The Morgan fingerprint density at radius 3 is 2.25 bits per heavy atom. The number of hydrogen-bond acceptors (Lipinski definition) is 1. The quantitative estimate of drug-likeness (QED) is 0.739.